The molecule has 0 saturated heterocycles. The van der Waals surface area contributed by atoms with Crippen LogP contribution in [0.15, 0.2) is 218 Å². The average Bonchev–Trinajstić information content (AvgIpc) is 3.89. The van der Waals surface area contributed by atoms with Crippen LogP contribution in [0.2, 0.25) is 0 Å². The van der Waals surface area contributed by atoms with Crippen LogP contribution >= 0.6 is 0 Å². The van der Waals surface area contributed by atoms with Crippen molar-refractivity contribution >= 4 is 43.6 Å². The lowest BCUT2D eigenvalue weighted by atomic mass is 9.91. The number of fused-ring (bicyclic) bond motifs is 6. The van der Waals surface area contributed by atoms with Crippen LogP contribution in [-0.4, -0.2) is 19.1 Å². The Morgan fingerprint density at radius 3 is 1.20 bits per heavy atom. The highest BCUT2D eigenvalue weighted by atomic mass is 19.4. The second-order valence-corrected chi connectivity index (χ2v) is 17.2. The van der Waals surface area contributed by atoms with Crippen molar-refractivity contribution in [2.75, 3.05) is 0 Å². The van der Waals surface area contributed by atoms with Crippen LogP contribution in [-0.2, 0) is 12.4 Å². The summed E-state index contributed by atoms with van der Waals surface area (Å²) in [5.74, 6) is 0.310. The fraction of sp³-hybridized carbons (Fsp3) is 0.0333. The lowest BCUT2D eigenvalue weighted by molar-refractivity contribution is -0.138. The van der Waals surface area contributed by atoms with E-state index in [1.165, 1.54) is 24.3 Å². The zero-order valence-corrected chi connectivity index (χ0v) is 36.8. The van der Waals surface area contributed by atoms with Gasteiger partial charge in [0.2, 0.25) is 0 Å². The van der Waals surface area contributed by atoms with Crippen molar-refractivity contribution in [3.05, 3.63) is 230 Å². The van der Waals surface area contributed by atoms with Crippen LogP contribution in [0.25, 0.3) is 111 Å². The molecule has 70 heavy (non-hydrogen) atoms. The van der Waals surface area contributed by atoms with Crippen molar-refractivity contribution in [2.45, 2.75) is 12.4 Å². The Bertz CT molecular complexity index is 3800. The Labute approximate surface area is 397 Å². The second-order valence-electron chi connectivity index (χ2n) is 17.2. The minimum Gasteiger partial charge on any atom is -0.309 e. The number of hydrogen-bond donors (Lipinski definition) is 0. The fourth-order valence-electron chi connectivity index (χ4n) is 9.74. The molecule has 0 bridgehead atoms. The van der Waals surface area contributed by atoms with Gasteiger partial charge in [-0.1, -0.05) is 140 Å². The molecule has 0 saturated carbocycles. The summed E-state index contributed by atoms with van der Waals surface area (Å²) in [7, 11) is 0. The SMILES string of the molecule is FC(F)(F)c1ccc(-c2cc(-c3nc(-c4ccccc4)cc(-c4ccccc4)n3)cc(-c3ccc(C(F)(F)F)cc3)c2-n2c3ccccc3c3cc4c5ccccc5n(-c5ccccc5)c4cc32)cc1. The van der Waals surface area contributed by atoms with Crippen molar-refractivity contribution in [1.82, 2.24) is 19.1 Å². The third kappa shape index (κ3) is 7.36. The number of halogens is 6. The molecule has 0 N–H and O–H groups in total. The van der Waals surface area contributed by atoms with Crippen LogP contribution in [0.5, 0.6) is 0 Å². The summed E-state index contributed by atoms with van der Waals surface area (Å²) in [5, 5.41) is 3.88. The summed E-state index contributed by atoms with van der Waals surface area (Å²) >= 11 is 0. The first-order valence-corrected chi connectivity index (χ1v) is 22.5. The number of hydrogen-bond acceptors (Lipinski definition) is 2. The summed E-state index contributed by atoms with van der Waals surface area (Å²) in [4.78, 5) is 10.3. The Hall–Kier alpha value is -8.76. The monoisotopic (exact) mass is 926 g/mol. The quantitative estimate of drug-likeness (QED) is 0.149. The highest BCUT2D eigenvalue weighted by Crippen LogP contribution is 2.47. The van der Waals surface area contributed by atoms with Crippen LogP contribution in [0, 0.1) is 0 Å². The number of aromatic nitrogens is 4. The van der Waals surface area contributed by atoms with Crippen LogP contribution in [0.3, 0.4) is 0 Å². The van der Waals surface area contributed by atoms with Crippen molar-refractivity contribution in [1.29, 1.82) is 0 Å². The van der Waals surface area contributed by atoms with Gasteiger partial charge in [-0.2, -0.15) is 26.3 Å². The van der Waals surface area contributed by atoms with Crippen molar-refractivity contribution < 1.29 is 26.3 Å². The van der Waals surface area contributed by atoms with E-state index in [4.69, 9.17) is 9.97 Å². The topological polar surface area (TPSA) is 35.6 Å². The second kappa shape index (κ2) is 16.5. The number of rotatable bonds is 7. The molecule has 4 nitrogen and oxygen atoms in total. The van der Waals surface area contributed by atoms with E-state index in [1.54, 1.807) is 0 Å². The average molecular weight is 927 g/mol. The minimum absolute atomic E-state index is 0.310. The lowest BCUT2D eigenvalue weighted by Crippen LogP contribution is -2.06. The van der Waals surface area contributed by atoms with Gasteiger partial charge in [0, 0.05) is 55.0 Å². The largest absolute Gasteiger partial charge is 0.416 e. The van der Waals surface area contributed by atoms with Gasteiger partial charge in [0.05, 0.1) is 50.3 Å². The van der Waals surface area contributed by atoms with Crippen LogP contribution in [0.4, 0.5) is 26.3 Å². The minimum atomic E-state index is -4.61. The molecule has 0 radical (unpaired) electrons. The molecule has 0 aliphatic rings. The van der Waals surface area contributed by atoms with E-state index in [-0.39, 0.29) is 0 Å². The summed E-state index contributed by atoms with van der Waals surface area (Å²) in [5.41, 5.74) is 8.59. The smallest absolute Gasteiger partial charge is 0.309 e. The Morgan fingerprint density at radius 2 is 0.729 bits per heavy atom. The van der Waals surface area contributed by atoms with E-state index in [0.717, 1.165) is 84.7 Å². The zero-order chi connectivity index (χ0) is 47.7. The molecule has 12 rings (SSSR count). The Balaban J connectivity index is 1.23. The molecule has 0 unspecified atom stereocenters. The summed E-state index contributed by atoms with van der Waals surface area (Å²) in [6.45, 7) is 0. The van der Waals surface area contributed by atoms with Crippen LogP contribution < -0.4 is 0 Å². The normalized spacial score (nSPS) is 12.1. The molecule has 3 aromatic heterocycles. The molecule has 0 fully saturated rings. The molecular weight excluding hydrogens is 891 g/mol. The third-order valence-electron chi connectivity index (χ3n) is 13.0. The maximum Gasteiger partial charge on any atom is 0.416 e. The first kappa shape index (κ1) is 42.6. The van der Waals surface area contributed by atoms with Gasteiger partial charge < -0.3 is 9.13 Å². The Morgan fingerprint density at radius 1 is 0.314 bits per heavy atom. The molecule has 0 aliphatic carbocycles. The fourth-order valence-corrected chi connectivity index (χ4v) is 9.74. The predicted molar refractivity (Wildman–Crippen MR) is 268 cm³/mol. The maximum atomic E-state index is 14.3. The summed E-state index contributed by atoms with van der Waals surface area (Å²) in [6, 6.07) is 65.4. The van der Waals surface area contributed by atoms with Crippen molar-refractivity contribution in [3.8, 4) is 67.5 Å². The number of para-hydroxylation sites is 3. The van der Waals surface area contributed by atoms with Gasteiger partial charge in [0.15, 0.2) is 5.82 Å². The molecule has 0 atom stereocenters. The van der Waals surface area contributed by atoms with Gasteiger partial charge in [0.25, 0.3) is 0 Å². The van der Waals surface area contributed by atoms with Gasteiger partial charge >= 0.3 is 12.4 Å². The standard InChI is InChI=1S/C60H36F6N4/c61-59(62,63)42-28-24-37(25-29-42)47-32-41(58-67-51(39-14-4-1-5-15-39)35-52(68-58)40-16-6-2-7-17-40)33-48(38-26-30-43(31-27-38)60(64,65)66)57(47)70-54-23-13-11-21-46(54)50-34-49-45-20-10-12-22-53(45)69(55(49)36-56(50)70)44-18-8-3-9-19-44/h1-36H. The van der Waals surface area contributed by atoms with Crippen LogP contribution in [0.1, 0.15) is 11.1 Å². The van der Waals surface area contributed by atoms with E-state index in [9.17, 15) is 26.3 Å². The highest BCUT2D eigenvalue weighted by Gasteiger charge is 2.32. The van der Waals surface area contributed by atoms with E-state index < -0.39 is 23.5 Å². The predicted octanol–water partition coefficient (Wildman–Crippen LogP) is 17.0. The zero-order valence-electron chi connectivity index (χ0n) is 36.8. The number of alkyl halides is 6. The molecule has 338 valence electrons. The third-order valence-corrected chi connectivity index (χ3v) is 13.0. The van der Waals surface area contributed by atoms with Gasteiger partial charge in [-0.3, -0.25) is 0 Å². The molecule has 0 aliphatic heterocycles. The molecule has 9 aromatic carbocycles. The van der Waals surface area contributed by atoms with E-state index in [0.29, 0.717) is 50.7 Å². The van der Waals surface area contributed by atoms with Crippen molar-refractivity contribution in [2.24, 2.45) is 0 Å². The molecule has 12 aromatic rings. The summed E-state index contributed by atoms with van der Waals surface area (Å²) < 4.78 is 89.9. The maximum absolute atomic E-state index is 14.3. The van der Waals surface area contributed by atoms with Gasteiger partial charge in [-0.15, -0.1) is 0 Å². The first-order chi connectivity index (χ1) is 34.0. The molecular formula is C60H36F6N4. The number of benzene rings is 9. The molecule has 0 spiro atoms. The van der Waals surface area contributed by atoms with E-state index in [1.807, 2.05) is 146 Å². The van der Waals surface area contributed by atoms with Gasteiger partial charge in [-0.25, -0.2) is 9.97 Å². The number of nitrogens with zero attached hydrogens (tertiary/aromatic N) is 4. The highest BCUT2D eigenvalue weighted by molar-refractivity contribution is 6.19. The first-order valence-electron chi connectivity index (χ1n) is 22.5. The summed E-state index contributed by atoms with van der Waals surface area (Å²) in [6.07, 6.45) is -9.22. The van der Waals surface area contributed by atoms with E-state index in [2.05, 4.69) is 33.4 Å². The molecule has 3 heterocycles. The van der Waals surface area contributed by atoms with Crippen molar-refractivity contribution in [3.63, 3.8) is 0 Å². The molecule has 10 heteroatoms. The van der Waals surface area contributed by atoms with Gasteiger partial charge in [0.1, 0.15) is 0 Å². The van der Waals surface area contributed by atoms with E-state index >= 15 is 0 Å². The Kier molecular flexibility index (Phi) is 10.0. The van der Waals surface area contributed by atoms with Gasteiger partial charge in [-0.05, 0) is 90.0 Å². The molecule has 0 amide bonds. The lowest BCUT2D eigenvalue weighted by Gasteiger charge is -2.22.